The summed E-state index contributed by atoms with van der Waals surface area (Å²) in [4.78, 5) is 30.1. The van der Waals surface area contributed by atoms with Gasteiger partial charge in [-0.3, -0.25) is 9.78 Å². The van der Waals surface area contributed by atoms with Gasteiger partial charge >= 0.3 is 6.03 Å². The number of hydrogen-bond donors (Lipinski definition) is 2. The first-order chi connectivity index (χ1) is 13.0. The number of amides is 3. The van der Waals surface area contributed by atoms with Gasteiger partial charge in [0.1, 0.15) is 18.2 Å². The van der Waals surface area contributed by atoms with Gasteiger partial charge in [-0.05, 0) is 37.0 Å². The van der Waals surface area contributed by atoms with Crippen molar-refractivity contribution >= 4 is 17.6 Å². The van der Waals surface area contributed by atoms with E-state index in [1.807, 2.05) is 0 Å². The molecule has 0 bridgehead atoms. The molecule has 2 aliphatic rings. The number of hydrogen-bond acceptors (Lipinski definition) is 3. The van der Waals surface area contributed by atoms with Gasteiger partial charge in [0.25, 0.3) is 0 Å². The molecule has 2 N–H and O–H groups in total. The van der Waals surface area contributed by atoms with Crippen LogP contribution in [0.3, 0.4) is 0 Å². The molecule has 1 atom stereocenters. The summed E-state index contributed by atoms with van der Waals surface area (Å²) in [6, 6.07) is 2.96. The first kappa shape index (κ1) is 17.4. The highest BCUT2D eigenvalue weighted by atomic mass is 19.1. The topological polar surface area (TPSA) is 74.3 Å². The predicted molar refractivity (Wildman–Crippen MR) is 93.8 cm³/mol. The van der Waals surface area contributed by atoms with E-state index in [2.05, 4.69) is 15.6 Å². The van der Waals surface area contributed by atoms with E-state index in [1.165, 1.54) is 11.0 Å². The molecule has 2 heterocycles. The van der Waals surface area contributed by atoms with Crippen molar-refractivity contribution in [2.24, 2.45) is 0 Å². The molecule has 140 valence electrons. The Labute approximate surface area is 154 Å². The second-order valence-corrected chi connectivity index (χ2v) is 6.79. The van der Waals surface area contributed by atoms with Crippen molar-refractivity contribution in [2.75, 3.05) is 11.9 Å². The number of urea groups is 1. The number of aryl methyl sites for hydroxylation is 1. The number of carbonyl (C=O) groups is 2. The van der Waals surface area contributed by atoms with E-state index in [4.69, 9.17) is 0 Å². The molecule has 0 radical (unpaired) electrons. The minimum Gasteiger partial charge on any atom is -0.348 e. The zero-order valence-electron chi connectivity index (χ0n) is 14.5. The summed E-state index contributed by atoms with van der Waals surface area (Å²) in [5.41, 5.74) is 2.42. The van der Waals surface area contributed by atoms with E-state index in [-0.39, 0.29) is 25.0 Å². The number of nitrogens with zero attached hydrogens (tertiary/aromatic N) is 2. The first-order valence-corrected chi connectivity index (χ1v) is 8.77. The zero-order chi connectivity index (χ0) is 19.0. The third kappa shape index (κ3) is 3.47. The van der Waals surface area contributed by atoms with Gasteiger partial charge < -0.3 is 15.5 Å². The van der Waals surface area contributed by atoms with Gasteiger partial charge in [-0.1, -0.05) is 0 Å². The van der Waals surface area contributed by atoms with Crippen LogP contribution < -0.4 is 10.6 Å². The Bertz CT molecular complexity index is 919. The molecular formula is C19H18F2N4O2. The van der Waals surface area contributed by atoms with Gasteiger partial charge in [0, 0.05) is 29.6 Å². The first-order valence-electron chi connectivity index (χ1n) is 8.77. The van der Waals surface area contributed by atoms with Crippen molar-refractivity contribution in [2.45, 2.75) is 31.8 Å². The maximum atomic E-state index is 14.2. The summed E-state index contributed by atoms with van der Waals surface area (Å²) in [7, 11) is 0. The second kappa shape index (κ2) is 6.94. The normalized spacial score (nSPS) is 18.4. The van der Waals surface area contributed by atoms with Crippen LogP contribution in [0.4, 0.5) is 19.3 Å². The number of benzene rings is 1. The fraction of sp³-hybridized carbons (Fsp3) is 0.316. The van der Waals surface area contributed by atoms with E-state index in [9.17, 15) is 18.4 Å². The highest BCUT2D eigenvalue weighted by molar-refractivity contribution is 5.94. The Hall–Kier alpha value is -3.03. The lowest BCUT2D eigenvalue weighted by molar-refractivity contribution is -0.122. The third-order valence-electron chi connectivity index (χ3n) is 4.93. The summed E-state index contributed by atoms with van der Waals surface area (Å²) < 4.78 is 27.7. The SMILES string of the molecule is O=C(CN1Cc2cnccc2NC1=O)N[C@H]1CCCc2cc(F)cc(F)c21. The highest BCUT2D eigenvalue weighted by Gasteiger charge is 2.28. The van der Waals surface area contributed by atoms with Crippen molar-refractivity contribution in [3.63, 3.8) is 0 Å². The van der Waals surface area contributed by atoms with Crippen LogP contribution in [0.25, 0.3) is 0 Å². The lowest BCUT2D eigenvalue weighted by Crippen LogP contribution is -2.45. The highest BCUT2D eigenvalue weighted by Crippen LogP contribution is 2.32. The van der Waals surface area contributed by atoms with Crippen LogP contribution in [0.15, 0.2) is 30.6 Å². The number of aromatic nitrogens is 1. The summed E-state index contributed by atoms with van der Waals surface area (Å²) in [6.07, 6.45) is 5.10. The number of nitrogens with one attached hydrogen (secondary N) is 2. The zero-order valence-corrected chi connectivity index (χ0v) is 14.5. The molecule has 1 aromatic carbocycles. The standard InChI is InChI=1S/C19H18F2N4O2/c20-13-6-11-2-1-3-16(18(11)14(21)7-13)23-17(26)10-25-9-12-8-22-5-4-15(12)24-19(25)27/h4-8,16H,1-3,9-10H2,(H,23,26)(H,24,27)/t16-/m0/s1. The smallest absolute Gasteiger partial charge is 0.322 e. The molecule has 4 rings (SSSR count). The largest absolute Gasteiger partial charge is 0.348 e. The molecule has 1 aliphatic heterocycles. The Kier molecular flexibility index (Phi) is 4.47. The molecule has 8 heteroatoms. The minimum atomic E-state index is -0.647. The monoisotopic (exact) mass is 372 g/mol. The van der Waals surface area contributed by atoms with Crippen LogP contribution in [-0.2, 0) is 17.8 Å². The molecule has 0 spiro atoms. The summed E-state index contributed by atoms with van der Waals surface area (Å²) >= 11 is 0. The molecule has 0 fully saturated rings. The molecule has 3 amide bonds. The van der Waals surface area contributed by atoms with Crippen molar-refractivity contribution in [3.8, 4) is 0 Å². The molecule has 1 aliphatic carbocycles. The Morgan fingerprint density at radius 1 is 1.33 bits per heavy atom. The summed E-state index contributed by atoms with van der Waals surface area (Å²) in [5.74, 6) is -1.65. The third-order valence-corrected chi connectivity index (χ3v) is 4.93. The van der Waals surface area contributed by atoms with Crippen molar-refractivity contribution in [3.05, 3.63) is 58.9 Å². The number of fused-ring (bicyclic) bond motifs is 2. The molecular weight excluding hydrogens is 354 g/mol. The molecule has 0 saturated heterocycles. The van der Waals surface area contributed by atoms with Crippen molar-refractivity contribution in [1.29, 1.82) is 0 Å². The number of carbonyl (C=O) groups excluding carboxylic acids is 2. The van der Waals surface area contributed by atoms with Crippen LogP contribution in [0.1, 0.15) is 35.6 Å². The van der Waals surface area contributed by atoms with E-state index in [0.717, 1.165) is 18.1 Å². The molecule has 6 nitrogen and oxygen atoms in total. The second-order valence-electron chi connectivity index (χ2n) is 6.79. The van der Waals surface area contributed by atoms with Crippen LogP contribution >= 0.6 is 0 Å². The van der Waals surface area contributed by atoms with E-state index in [1.54, 1.807) is 18.5 Å². The van der Waals surface area contributed by atoms with Gasteiger partial charge in [-0.15, -0.1) is 0 Å². The van der Waals surface area contributed by atoms with Gasteiger partial charge in [0.2, 0.25) is 5.91 Å². The van der Waals surface area contributed by atoms with Gasteiger partial charge in [0.15, 0.2) is 0 Å². The van der Waals surface area contributed by atoms with E-state index >= 15 is 0 Å². The number of rotatable bonds is 3. The molecule has 1 aromatic heterocycles. The molecule has 0 unspecified atom stereocenters. The van der Waals surface area contributed by atoms with Crippen LogP contribution in [-0.4, -0.2) is 28.4 Å². The maximum Gasteiger partial charge on any atom is 0.322 e. The van der Waals surface area contributed by atoms with Gasteiger partial charge in [-0.2, -0.15) is 0 Å². The van der Waals surface area contributed by atoms with Crippen LogP contribution in [0.5, 0.6) is 0 Å². The predicted octanol–water partition coefficient (Wildman–Crippen LogP) is 2.90. The van der Waals surface area contributed by atoms with Gasteiger partial charge in [-0.25, -0.2) is 13.6 Å². The Balaban J connectivity index is 1.46. The fourth-order valence-electron chi connectivity index (χ4n) is 3.71. The molecule has 0 saturated carbocycles. The fourth-order valence-corrected chi connectivity index (χ4v) is 3.71. The lowest BCUT2D eigenvalue weighted by atomic mass is 9.87. The Morgan fingerprint density at radius 2 is 2.19 bits per heavy atom. The lowest BCUT2D eigenvalue weighted by Gasteiger charge is -2.30. The quantitative estimate of drug-likeness (QED) is 0.870. The molecule has 27 heavy (non-hydrogen) atoms. The number of halogens is 2. The average Bonchev–Trinajstić information content (AvgIpc) is 2.62. The van der Waals surface area contributed by atoms with Crippen molar-refractivity contribution in [1.82, 2.24) is 15.2 Å². The number of pyridine rings is 1. The maximum absolute atomic E-state index is 14.2. The van der Waals surface area contributed by atoms with Crippen LogP contribution in [0.2, 0.25) is 0 Å². The van der Waals surface area contributed by atoms with Crippen LogP contribution in [0, 0.1) is 11.6 Å². The molecule has 2 aromatic rings. The van der Waals surface area contributed by atoms with E-state index < -0.39 is 17.7 Å². The summed E-state index contributed by atoms with van der Waals surface area (Å²) in [5, 5.41) is 5.50. The average molecular weight is 372 g/mol. The van der Waals surface area contributed by atoms with Crippen molar-refractivity contribution < 1.29 is 18.4 Å². The summed E-state index contributed by atoms with van der Waals surface area (Å²) in [6.45, 7) is 0.109. The van der Waals surface area contributed by atoms with E-state index in [0.29, 0.717) is 29.7 Å². The minimum absolute atomic E-state index is 0.158. The number of anilines is 1. The Morgan fingerprint density at radius 3 is 3.04 bits per heavy atom. The van der Waals surface area contributed by atoms with Gasteiger partial charge in [0.05, 0.1) is 18.3 Å².